The average Bonchev–Trinajstić information content (AvgIpc) is 2.88. The second-order valence-corrected chi connectivity index (χ2v) is 10.7. The third kappa shape index (κ3) is 6.28. The van der Waals surface area contributed by atoms with Crippen molar-refractivity contribution in [2.45, 2.75) is 25.5 Å². The van der Waals surface area contributed by atoms with E-state index in [1.54, 1.807) is 36.4 Å². The molecule has 4 atom stereocenters. The van der Waals surface area contributed by atoms with Gasteiger partial charge in [-0.3, -0.25) is 19.2 Å². The van der Waals surface area contributed by atoms with Gasteiger partial charge in [0.15, 0.2) is 0 Å². The fraction of sp³-hybridized carbons (Fsp3) is 0.276. The summed E-state index contributed by atoms with van der Waals surface area (Å²) in [6.07, 6.45) is -0.956. The second-order valence-electron chi connectivity index (χ2n) is 9.87. The van der Waals surface area contributed by atoms with Gasteiger partial charge in [-0.15, -0.1) is 0 Å². The Hall–Kier alpha value is -4.15. The van der Waals surface area contributed by atoms with Crippen LogP contribution >= 0.6 is 23.2 Å². The number of halogens is 2. The molecule has 4 N–H and O–H groups in total. The number of rotatable bonds is 10. The number of nitrogens with one attached hydrogen (secondary N) is 1. The largest absolute Gasteiger partial charge is 0.481 e. The molecule has 0 unspecified atom stereocenters. The summed E-state index contributed by atoms with van der Waals surface area (Å²) in [7, 11) is 0. The Labute approximate surface area is 243 Å². The van der Waals surface area contributed by atoms with Crippen LogP contribution in [0.15, 0.2) is 60.7 Å². The lowest BCUT2D eigenvalue weighted by Crippen LogP contribution is -2.63. The van der Waals surface area contributed by atoms with Gasteiger partial charge >= 0.3 is 23.9 Å². The van der Waals surface area contributed by atoms with Gasteiger partial charge in [-0.25, -0.2) is 4.79 Å². The molecule has 214 valence electrons. The van der Waals surface area contributed by atoms with E-state index >= 15 is 0 Å². The van der Waals surface area contributed by atoms with Crippen LogP contribution in [0.4, 0.5) is 0 Å². The Morgan fingerprint density at radius 1 is 0.780 bits per heavy atom. The number of carbonyl (C=O) groups excluding carboxylic acids is 2. The van der Waals surface area contributed by atoms with Gasteiger partial charge in [-0.05, 0) is 47.5 Å². The first-order chi connectivity index (χ1) is 19.4. The quantitative estimate of drug-likeness (QED) is 0.249. The summed E-state index contributed by atoms with van der Waals surface area (Å²) in [6, 6.07) is 16.3. The summed E-state index contributed by atoms with van der Waals surface area (Å²) in [6.45, 7) is 1.51. The predicted molar refractivity (Wildman–Crippen MR) is 148 cm³/mol. The van der Waals surface area contributed by atoms with Crippen LogP contribution in [-0.4, -0.2) is 57.2 Å². The molecule has 1 fully saturated rings. The maximum absolute atomic E-state index is 13.2. The van der Waals surface area contributed by atoms with Crippen molar-refractivity contribution in [2.24, 2.45) is 23.7 Å². The molecule has 4 rings (SSSR count). The highest BCUT2D eigenvalue weighted by Gasteiger charge is 2.64. The second kappa shape index (κ2) is 12.2. The third-order valence-corrected chi connectivity index (χ3v) is 8.04. The molecule has 1 saturated carbocycles. The van der Waals surface area contributed by atoms with E-state index in [4.69, 9.17) is 27.9 Å². The lowest BCUT2D eigenvalue weighted by molar-refractivity contribution is -0.187. The minimum atomic E-state index is -1.77. The van der Waals surface area contributed by atoms with Crippen LogP contribution in [0.3, 0.4) is 0 Å². The normalized spacial score (nSPS) is 21.2. The number of carboxylic acid groups (broad SMARTS) is 3. The summed E-state index contributed by atoms with van der Waals surface area (Å²) < 4.78 is 5.81. The monoisotopic (exact) mass is 601 g/mol. The average molecular weight is 602 g/mol. The molecule has 41 heavy (non-hydrogen) atoms. The van der Waals surface area contributed by atoms with Gasteiger partial charge in [-0.2, -0.15) is 0 Å². The number of amides is 1. The van der Waals surface area contributed by atoms with E-state index in [1.807, 2.05) is 24.3 Å². The Morgan fingerprint density at radius 2 is 1.37 bits per heavy atom. The molecule has 12 heteroatoms. The van der Waals surface area contributed by atoms with Gasteiger partial charge < -0.3 is 25.4 Å². The topological polar surface area (TPSA) is 167 Å². The van der Waals surface area contributed by atoms with Crippen molar-refractivity contribution in [2.75, 3.05) is 0 Å². The first-order valence-electron chi connectivity index (χ1n) is 12.5. The molecule has 3 aromatic rings. The molecule has 1 aliphatic rings. The van der Waals surface area contributed by atoms with Crippen LogP contribution in [0.5, 0.6) is 0 Å². The third-order valence-electron chi connectivity index (χ3n) is 7.30. The van der Waals surface area contributed by atoms with E-state index in [9.17, 15) is 39.3 Å². The summed E-state index contributed by atoms with van der Waals surface area (Å²) in [5, 5.41) is 33.3. The number of benzene rings is 3. The minimum absolute atomic E-state index is 0.0603. The highest BCUT2D eigenvalue weighted by atomic mass is 35.5. The standard InChI is InChI=1S/C29H25Cl2NO9/c1-13(32-25(33)21-22(26(34)35)24(28(38)39)23(21)27(36)37)20(11-14-6-9-18(30)19(31)10-14)41-29(40)17-8-7-15-4-2-3-5-16(15)12-17/h2-10,12-13,20-24H,11H2,1H3,(H,32,33)(H,34,35)(H,36,37)(H,38,39)/t13-,20+,21?,22-,23-,24?/m0/s1. The van der Waals surface area contributed by atoms with Crippen LogP contribution < -0.4 is 5.32 Å². The summed E-state index contributed by atoms with van der Waals surface area (Å²) in [4.78, 5) is 61.5. The van der Waals surface area contributed by atoms with E-state index in [-0.39, 0.29) is 17.0 Å². The highest BCUT2D eigenvalue weighted by Crippen LogP contribution is 2.47. The number of hydrogen-bond donors (Lipinski definition) is 4. The first kappa shape index (κ1) is 29.8. The number of carbonyl (C=O) groups is 5. The molecule has 1 amide bonds. The Balaban J connectivity index is 1.59. The number of ether oxygens (including phenoxy) is 1. The van der Waals surface area contributed by atoms with Gasteiger partial charge in [0, 0.05) is 6.42 Å². The van der Waals surface area contributed by atoms with Gasteiger partial charge in [0.2, 0.25) is 5.91 Å². The number of hydrogen-bond acceptors (Lipinski definition) is 6. The maximum Gasteiger partial charge on any atom is 0.338 e. The van der Waals surface area contributed by atoms with Crippen molar-refractivity contribution in [3.05, 3.63) is 81.8 Å². The zero-order valence-corrected chi connectivity index (χ0v) is 23.0. The van der Waals surface area contributed by atoms with Crippen molar-refractivity contribution >= 4 is 63.8 Å². The van der Waals surface area contributed by atoms with E-state index in [2.05, 4.69) is 5.32 Å². The summed E-state index contributed by atoms with van der Waals surface area (Å²) >= 11 is 12.2. The molecule has 3 aromatic carbocycles. The van der Waals surface area contributed by atoms with Crippen LogP contribution in [0.1, 0.15) is 22.8 Å². The molecule has 10 nitrogen and oxygen atoms in total. The van der Waals surface area contributed by atoms with E-state index in [0.717, 1.165) is 10.8 Å². The molecular weight excluding hydrogens is 577 g/mol. The number of aliphatic carboxylic acids is 3. The van der Waals surface area contributed by atoms with Gasteiger partial charge in [-0.1, -0.05) is 59.6 Å². The minimum Gasteiger partial charge on any atom is -0.481 e. The highest BCUT2D eigenvalue weighted by molar-refractivity contribution is 6.42. The smallest absolute Gasteiger partial charge is 0.338 e. The molecule has 0 heterocycles. The summed E-state index contributed by atoms with van der Waals surface area (Å²) in [5.74, 6) is -13.4. The van der Waals surface area contributed by atoms with Crippen LogP contribution in [0.25, 0.3) is 10.8 Å². The zero-order valence-electron chi connectivity index (χ0n) is 21.5. The SMILES string of the molecule is C[C@H](NC(=O)C1[C@H](C(=O)O)C(C(=O)O)[C@H]1C(=O)O)[C@@H](Cc1ccc(Cl)c(Cl)c1)OC(=O)c1ccc2ccccc2c1. The van der Waals surface area contributed by atoms with E-state index in [0.29, 0.717) is 10.6 Å². The maximum atomic E-state index is 13.2. The first-order valence-corrected chi connectivity index (χ1v) is 13.3. The zero-order chi connectivity index (χ0) is 30.0. The molecule has 0 saturated heterocycles. The number of fused-ring (bicyclic) bond motifs is 1. The van der Waals surface area contributed by atoms with Crippen LogP contribution in [0.2, 0.25) is 10.0 Å². The molecular formula is C29H25Cl2NO9. The molecule has 0 spiro atoms. The van der Waals surface area contributed by atoms with Crippen molar-refractivity contribution in [1.29, 1.82) is 0 Å². The fourth-order valence-corrected chi connectivity index (χ4v) is 5.47. The van der Waals surface area contributed by atoms with E-state index < -0.39 is 65.6 Å². The Kier molecular flexibility index (Phi) is 8.84. The van der Waals surface area contributed by atoms with Gasteiger partial charge in [0.1, 0.15) is 6.10 Å². The summed E-state index contributed by atoms with van der Waals surface area (Å²) in [5.41, 5.74) is 0.861. The fourth-order valence-electron chi connectivity index (χ4n) is 5.15. The van der Waals surface area contributed by atoms with Gasteiger partial charge in [0.25, 0.3) is 0 Å². The van der Waals surface area contributed by atoms with Crippen molar-refractivity contribution in [1.82, 2.24) is 5.32 Å². The van der Waals surface area contributed by atoms with Crippen LogP contribution in [-0.2, 0) is 30.3 Å². The van der Waals surface area contributed by atoms with Crippen molar-refractivity contribution in [3.63, 3.8) is 0 Å². The lowest BCUT2D eigenvalue weighted by atomic mass is 9.56. The van der Waals surface area contributed by atoms with Crippen molar-refractivity contribution in [3.8, 4) is 0 Å². The van der Waals surface area contributed by atoms with Crippen molar-refractivity contribution < 1.29 is 44.0 Å². The molecule has 0 radical (unpaired) electrons. The van der Waals surface area contributed by atoms with Crippen LogP contribution in [0, 0.1) is 23.7 Å². The number of carboxylic acids is 3. The number of esters is 1. The molecule has 0 aromatic heterocycles. The molecule has 0 aliphatic heterocycles. The lowest BCUT2D eigenvalue weighted by Gasteiger charge is -2.44. The Morgan fingerprint density at radius 3 is 1.95 bits per heavy atom. The Bertz CT molecular complexity index is 1520. The van der Waals surface area contributed by atoms with Gasteiger partial charge in [0.05, 0.1) is 45.3 Å². The molecule has 0 bridgehead atoms. The molecule has 1 aliphatic carbocycles. The predicted octanol–water partition coefficient (Wildman–Crippen LogP) is 4.15. The van der Waals surface area contributed by atoms with E-state index in [1.165, 1.54) is 6.92 Å².